The highest BCUT2D eigenvalue weighted by Gasteiger charge is 2.08. The van der Waals surface area contributed by atoms with Crippen molar-refractivity contribution in [3.63, 3.8) is 0 Å². The lowest BCUT2D eigenvalue weighted by atomic mass is 10.0. The Morgan fingerprint density at radius 2 is 1.60 bits per heavy atom. The monoisotopic (exact) mass is 399 g/mol. The Morgan fingerprint density at radius 1 is 0.867 bits per heavy atom. The maximum Gasteiger partial charge on any atom is 0.341 e. The van der Waals surface area contributed by atoms with Gasteiger partial charge in [0.05, 0.1) is 0 Å². The van der Waals surface area contributed by atoms with E-state index in [1.54, 1.807) is 12.3 Å². The van der Waals surface area contributed by atoms with E-state index in [4.69, 9.17) is 14.3 Å². The number of oxazole rings is 1. The van der Waals surface area contributed by atoms with Crippen LogP contribution < -0.4 is 4.74 Å². The lowest BCUT2D eigenvalue weighted by molar-refractivity contribution is -0.139. The van der Waals surface area contributed by atoms with Crippen molar-refractivity contribution in [1.29, 1.82) is 0 Å². The van der Waals surface area contributed by atoms with Gasteiger partial charge in [-0.05, 0) is 35.2 Å². The minimum atomic E-state index is -0.996. The number of hydrogen-bond donors (Lipinski definition) is 1. The fourth-order valence-electron chi connectivity index (χ4n) is 3.21. The van der Waals surface area contributed by atoms with Crippen LogP contribution in [0.5, 0.6) is 5.75 Å². The van der Waals surface area contributed by atoms with Gasteiger partial charge < -0.3 is 14.3 Å². The molecule has 4 rings (SSSR count). The van der Waals surface area contributed by atoms with Crippen LogP contribution in [0.3, 0.4) is 0 Å². The molecular weight excluding hydrogens is 378 g/mol. The molecule has 3 aromatic carbocycles. The van der Waals surface area contributed by atoms with Crippen LogP contribution in [0.25, 0.3) is 22.4 Å². The Hall–Kier alpha value is -3.86. The molecule has 150 valence electrons. The van der Waals surface area contributed by atoms with Crippen LogP contribution in [-0.4, -0.2) is 22.7 Å². The van der Waals surface area contributed by atoms with Crippen molar-refractivity contribution in [2.45, 2.75) is 12.8 Å². The smallest absolute Gasteiger partial charge is 0.341 e. The number of aromatic nitrogens is 1. The van der Waals surface area contributed by atoms with Gasteiger partial charge in [-0.15, -0.1) is 0 Å². The van der Waals surface area contributed by atoms with Gasteiger partial charge in [-0.3, -0.25) is 0 Å². The molecule has 1 N–H and O–H groups in total. The Kier molecular flexibility index (Phi) is 5.90. The second-order valence-corrected chi connectivity index (χ2v) is 6.90. The van der Waals surface area contributed by atoms with E-state index >= 15 is 0 Å². The maximum atomic E-state index is 10.6. The summed E-state index contributed by atoms with van der Waals surface area (Å²) in [6.07, 6.45) is 3.04. The number of ether oxygens (including phenoxy) is 1. The molecule has 0 aliphatic carbocycles. The predicted octanol–water partition coefficient (Wildman–Crippen LogP) is 5.26. The van der Waals surface area contributed by atoms with Crippen LogP contribution in [0.1, 0.15) is 11.5 Å². The van der Waals surface area contributed by atoms with Crippen molar-refractivity contribution in [2.75, 3.05) is 6.61 Å². The number of hydrogen-bond acceptors (Lipinski definition) is 4. The first-order valence-electron chi connectivity index (χ1n) is 9.71. The molecular formula is C25H21NO4. The topological polar surface area (TPSA) is 72.6 Å². The molecule has 0 atom stereocenters. The predicted molar refractivity (Wildman–Crippen MR) is 114 cm³/mol. The molecule has 5 nitrogen and oxygen atoms in total. The van der Waals surface area contributed by atoms with E-state index in [-0.39, 0.29) is 6.61 Å². The highest BCUT2D eigenvalue weighted by molar-refractivity contribution is 5.69. The molecule has 0 saturated carbocycles. The molecule has 5 heteroatoms. The second kappa shape index (κ2) is 9.09. The third kappa shape index (κ3) is 4.94. The highest BCUT2D eigenvalue weighted by Crippen LogP contribution is 2.25. The molecule has 0 aliphatic heterocycles. The summed E-state index contributed by atoms with van der Waals surface area (Å²) in [4.78, 5) is 15.2. The minimum Gasteiger partial charge on any atom is -0.482 e. The van der Waals surface area contributed by atoms with Gasteiger partial charge in [0.1, 0.15) is 17.7 Å². The van der Waals surface area contributed by atoms with E-state index in [0.29, 0.717) is 18.1 Å². The Balaban J connectivity index is 1.39. The van der Waals surface area contributed by atoms with Gasteiger partial charge in [0.15, 0.2) is 12.5 Å². The summed E-state index contributed by atoms with van der Waals surface area (Å²) in [5.41, 5.74) is 5.19. The molecule has 0 radical (unpaired) electrons. The maximum absolute atomic E-state index is 10.6. The summed E-state index contributed by atoms with van der Waals surface area (Å²) in [5, 5.41) is 8.72. The summed E-state index contributed by atoms with van der Waals surface area (Å²) < 4.78 is 10.9. The van der Waals surface area contributed by atoms with Gasteiger partial charge in [0.2, 0.25) is 0 Å². The molecule has 1 heterocycles. The van der Waals surface area contributed by atoms with Crippen LogP contribution in [-0.2, 0) is 17.6 Å². The standard InChI is InChI=1S/C25H21NO4/c27-25(28)17-29-22-8-4-5-18(15-22)9-14-24-26-23(16-30-24)21-12-10-20(11-13-21)19-6-2-1-3-7-19/h1-8,10-13,15-16H,9,14,17H2,(H,27,28). The summed E-state index contributed by atoms with van der Waals surface area (Å²) in [5.74, 6) is 0.208. The normalized spacial score (nSPS) is 10.7. The Morgan fingerprint density at radius 3 is 2.37 bits per heavy atom. The van der Waals surface area contributed by atoms with E-state index in [0.717, 1.165) is 28.8 Å². The fourth-order valence-corrected chi connectivity index (χ4v) is 3.21. The molecule has 0 fully saturated rings. The van der Waals surface area contributed by atoms with Gasteiger partial charge in [0.25, 0.3) is 0 Å². The van der Waals surface area contributed by atoms with E-state index in [1.165, 1.54) is 5.56 Å². The zero-order valence-electron chi connectivity index (χ0n) is 16.3. The van der Waals surface area contributed by atoms with Gasteiger partial charge >= 0.3 is 5.97 Å². The first-order chi connectivity index (χ1) is 14.7. The number of carboxylic acid groups (broad SMARTS) is 1. The Bertz CT molecular complexity index is 1120. The Labute approximate surface area is 174 Å². The largest absolute Gasteiger partial charge is 0.482 e. The van der Waals surface area contributed by atoms with Crippen LogP contribution in [0.2, 0.25) is 0 Å². The molecule has 1 aromatic heterocycles. The molecule has 0 amide bonds. The number of nitrogens with zero attached hydrogens (tertiary/aromatic N) is 1. The molecule has 4 aromatic rings. The van der Waals surface area contributed by atoms with Crippen LogP contribution in [0.15, 0.2) is 89.5 Å². The van der Waals surface area contributed by atoms with Crippen molar-refractivity contribution in [3.8, 4) is 28.1 Å². The van der Waals surface area contributed by atoms with Gasteiger partial charge in [-0.2, -0.15) is 0 Å². The zero-order valence-corrected chi connectivity index (χ0v) is 16.3. The lowest BCUT2D eigenvalue weighted by Crippen LogP contribution is -2.09. The summed E-state index contributed by atoms with van der Waals surface area (Å²) in [6.45, 7) is -0.352. The number of aryl methyl sites for hydroxylation is 2. The minimum absolute atomic E-state index is 0.352. The SMILES string of the molecule is O=C(O)COc1cccc(CCc2nc(-c3ccc(-c4ccccc4)cc3)co2)c1. The highest BCUT2D eigenvalue weighted by atomic mass is 16.5. The summed E-state index contributed by atoms with van der Waals surface area (Å²) in [7, 11) is 0. The van der Waals surface area contributed by atoms with E-state index < -0.39 is 5.97 Å². The zero-order chi connectivity index (χ0) is 20.8. The third-order valence-corrected chi connectivity index (χ3v) is 4.73. The number of aliphatic carboxylic acids is 1. The molecule has 0 bridgehead atoms. The summed E-state index contributed by atoms with van der Waals surface area (Å²) in [6, 6.07) is 25.9. The first-order valence-corrected chi connectivity index (χ1v) is 9.71. The van der Waals surface area contributed by atoms with Gasteiger partial charge in [-0.25, -0.2) is 9.78 Å². The van der Waals surface area contributed by atoms with Crippen molar-refractivity contribution >= 4 is 5.97 Å². The van der Waals surface area contributed by atoms with Crippen LogP contribution in [0, 0.1) is 0 Å². The molecule has 0 saturated heterocycles. The lowest BCUT2D eigenvalue weighted by Gasteiger charge is -2.05. The fraction of sp³-hybridized carbons (Fsp3) is 0.120. The van der Waals surface area contributed by atoms with Crippen LogP contribution in [0.4, 0.5) is 0 Å². The van der Waals surface area contributed by atoms with Gasteiger partial charge in [-0.1, -0.05) is 66.7 Å². The molecule has 0 aliphatic rings. The third-order valence-electron chi connectivity index (χ3n) is 4.73. The van der Waals surface area contributed by atoms with Crippen molar-refractivity contribution in [1.82, 2.24) is 4.98 Å². The van der Waals surface area contributed by atoms with Gasteiger partial charge in [0, 0.05) is 12.0 Å². The molecule has 0 unspecified atom stereocenters. The molecule has 30 heavy (non-hydrogen) atoms. The van der Waals surface area contributed by atoms with E-state index in [2.05, 4.69) is 29.2 Å². The van der Waals surface area contributed by atoms with Crippen molar-refractivity contribution in [3.05, 3.63) is 96.6 Å². The number of benzene rings is 3. The van der Waals surface area contributed by atoms with E-state index in [1.807, 2.05) is 48.5 Å². The van der Waals surface area contributed by atoms with Crippen molar-refractivity contribution in [2.24, 2.45) is 0 Å². The average molecular weight is 399 g/mol. The van der Waals surface area contributed by atoms with E-state index in [9.17, 15) is 4.79 Å². The summed E-state index contributed by atoms with van der Waals surface area (Å²) >= 11 is 0. The number of carboxylic acids is 1. The number of carbonyl (C=O) groups is 1. The number of rotatable bonds is 8. The quantitative estimate of drug-likeness (QED) is 0.438. The van der Waals surface area contributed by atoms with Crippen LogP contribution >= 0.6 is 0 Å². The van der Waals surface area contributed by atoms with Crippen molar-refractivity contribution < 1.29 is 19.1 Å². The molecule has 0 spiro atoms. The first kappa shape index (κ1) is 19.5. The second-order valence-electron chi connectivity index (χ2n) is 6.90. The average Bonchev–Trinajstić information content (AvgIpc) is 3.26.